The molecule has 0 atom stereocenters. The van der Waals surface area contributed by atoms with Gasteiger partial charge >= 0.3 is 5.97 Å². The first-order chi connectivity index (χ1) is 10.4. The van der Waals surface area contributed by atoms with Gasteiger partial charge in [0.25, 0.3) is 0 Å². The zero-order valence-corrected chi connectivity index (χ0v) is 15.5. The molecule has 0 aromatic heterocycles. The van der Waals surface area contributed by atoms with Crippen molar-refractivity contribution in [1.82, 2.24) is 0 Å². The van der Waals surface area contributed by atoms with Crippen LogP contribution in [-0.4, -0.2) is 25.3 Å². The fourth-order valence-corrected chi connectivity index (χ4v) is 3.34. The number of ether oxygens (including phenoxy) is 2. The first-order valence-electron chi connectivity index (χ1n) is 5.95. The quantitative estimate of drug-likeness (QED) is 0.682. The molecule has 0 aliphatic heterocycles. The number of halogens is 3. The molecule has 2 rings (SSSR count). The molecule has 0 aliphatic carbocycles. The smallest absolute Gasteiger partial charge is 0.341 e. The summed E-state index contributed by atoms with van der Waals surface area (Å²) in [5, 5.41) is 9.95. The van der Waals surface area contributed by atoms with Crippen molar-refractivity contribution < 1.29 is 19.4 Å². The van der Waals surface area contributed by atoms with Crippen molar-refractivity contribution in [3.63, 3.8) is 0 Å². The summed E-state index contributed by atoms with van der Waals surface area (Å²) >= 11 is 12.9. The molecule has 115 valence electrons. The summed E-state index contributed by atoms with van der Waals surface area (Å²) in [4.78, 5) is 11.8. The Bertz CT molecular complexity index is 747. The second-order valence-electron chi connectivity index (χ2n) is 4.20. The molecule has 2 aromatic carbocycles. The van der Waals surface area contributed by atoms with Gasteiger partial charge in [-0.25, -0.2) is 4.79 Å². The minimum absolute atomic E-state index is 0.0947. The zero-order valence-electron chi connectivity index (χ0n) is 11.5. The molecule has 0 saturated heterocycles. The molecule has 0 bridgehead atoms. The highest BCUT2D eigenvalue weighted by Gasteiger charge is 2.20. The number of aromatic hydroxyl groups is 1. The van der Waals surface area contributed by atoms with Crippen molar-refractivity contribution >= 4 is 49.4 Å². The fourth-order valence-electron chi connectivity index (χ4n) is 1.91. The van der Waals surface area contributed by atoms with Crippen LogP contribution in [0.1, 0.15) is 10.4 Å². The summed E-state index contributed by atoms with van der Waals surface area (Å²) in [7, 11) is 2.74. The second-order valence-corrected chi connectivity index (χ2v) is 6.23. The van der Waals surface area contributed by atoms with Gasteiger partial charge in [0.05, 0.1) is 19.2 Å². The Balaban J connectivity index is 2.73. The van der Waals surface area contributed by atoms with E-state index in [1.165, 1.54) is 20.3 Å². The first kappa shape index (κ1) is 17.1. The van der Waals surface area contributed by atoms with E-state index in [1.54, 1.807) is 12.1 Å². The number of hydrogen-bond acceptors (Lipinski definition) is 4. The minimum atomic E-state index is -0.517. The third kappa shape index (κ3) is 3.09. The van der Waals surface area contributed by atoms with Crippen LogP contribution in [0.2, 0.25) is 5.02 Å². The monoisotopic (exact) mass is 447 g/mol. The number of phenols is 1. The van der Waals surface area contributed by atoms with E-state index in [9.17, 15) is 9.90 Å². The highest BCUT2D eigenvalue weighted by atomic mass is 79.9. The minimum Gasteiger partial charge on any atom is -0.506 e. The SMILES string of the molecule is COC(=O)c1cc(Br)c(-c2c(Br)[c]cc(O)c2Cl)cc1OC. The number of phenolic OH excluding ortho intramolecular Hbond substituents is 1. The van der Waals surface area contributed by atoms with Gasteiger partial charge in [-0.1, -0.05) is 27.5 Å². The lowest BCUT2D eigenvalue weighted by molar-refractivity contribution is 0.0597. The van der Waals surface area contributed by atoms with E-state index in [0.717, 1.165) is 0 Å². The highest BCUT2D eigenvalue weighted by Crippen LogP contribution is 2.44. The number of methoxy groups -OCH3 is 2. The van der Waals surface area contributed by atoms with E-state index in [1.807, 2.05) is 0 Å². The van der Waals surface area contributed by atoms with Gasteiger partial charge < -0.3 is 14.6 Å². The van der Waals surface area contributed by atoms with Crippen LogP contribution in [0.15, 0.2) is 27.1 Å². The second kappa shape index (κ2) is 6.89. The number of benzene rings is 2. The summed E-state index contributed by atoms with van der Waals surface area (Å²) in [6.07, 6.45) is 0. The summed E-state index contributed by atoms with van der Waals surface area (Å²) in [5.74, 6) is -0.282. The maximum atomic E-state index is 11.8. The molecule has 0 aliphatic rings. The lowest BCUT2D eigenvalue weighted by atomic mass is 10.0. The predicted molar refractivity (Wildman–Crippen MR) is 90.7 cm³/mol. The first-order valence-corrected chi connectivity index (χ1v) is 7.92. The van der Waals surface area contributed by atoms with E-state index in [4.69, 9.17) is 21.1 Å². The molecule has 1 N–H and O–H groups in total. The van der Waals surface area contributed by atoms with Crippen LogP contribution in [0.4, 0.5) is 0 Å². The van der Waals surface area contributed by atoms with Crippen LogP contribution in [-0.2, 0) is 4.74 Å². The van der Waals surface area contributed by atoms with Gasteiger partial charge in [-0.15, -0.1) is 0 Å². The normalized spacial score (nSPS) is 10.4. The fraction of sp³-hybridized carbons (Fsp3) is 0.133. The Hall–Kier alpha value is -1.24. The van der Waals surface area contributed by atoms with Crippen LogP contribution >= 0.6 is 43.5 Å². The molecule has 0 fully saturated rings. The van der Waals surface area contributed by atoms with E-state index < -0.39 is 5.97 Å². The molecule has 0 saturated carbocycles. The van der Waals surface area contributed by atoms with Gasteiger partial charge in [0.15, 0.2) is 0 Å². The van der Waals surface area contributed by atoms with E-state index in [0.29, 0.717) is 25.8 Å². The third-order valence-electron chi connectivity index (χ3n) is 2.96. The van der Waals surface area contributed by atoms with Crippen molar-refractivity contribution in [2.45, 2.75) is 0 Å². The van der Waals surface area contributed by atoms with E-state index in [-0.39, 0.29) is 16.3 Å². The van der Waals surface area contributed by atoms with Crippen molar-refractivity contribution in [3.8, 4) is 22.6 Å². The summed E-state index contributed by atoms with van der Waals surface area (Å²) in [5.41, 5.74) is 1.44. The van der Waals surface area contributed by atoms with Crippen LogP contribution in [0, 0.1) is 6.07 Å². The van der Waals surface area contributed by atoms with Gasteiger partial charge in [0.1, 0.15) is 17.1 Å². The number of hydrogen-bond donors (Lipinski definition) is 1. The largest absolute Gasteiger partial charge is 0.506 e. The van der Waals surface area contributed by atoms with E-state index >= 15 is 0 Å². The maximum absolute atomic E-state index is 11.8. The lowest BCUT2D eigenvalue weighted by Crippen LogP contribution is -2.04. The molecule has 0 unspecified atom stereocenters. The molecular formula is C15H10Br2ClO4. The molecular weight excluding hydrogens is 439 g/mol. The van der Waals surface area contributed by atoms with Crippen LogP contribution in [0.3, 0.4) is 0 Å². The summed E-state index contributed by atoms with van der Waals surface area (Å²) < 4.78 is 11.1. The number of esters is 1. The molecule has 2 aromatic rings. The van der Waals surface area contributed by atoms with Gasteiger partial charge in [0, 0.05) is 26.1 Å². The summed E-state index contributed by atoms with van der Waals surface area (Å²) in [6.45, 7) is 0. The standard InChI is InChI=1S/C15H10Br2ClO4/c1-21-12-6-7(10(17)5-8(12)15(20)22-2)13-9(16)3-4-11(19)14(13)18/h4-6,19H,1-2H3. The average Bonchev–Trinajstić information content (AvgIpc) is 2.51. The Kier molecular flexibility index (Phi) is 5.36. The molecule has 7 heteroatoms. The molecule has 0 amide bonds. The average molecular weight is 450 g/mol. The summed E-state index contributed by atoms with van der Waals surface area (Å²) in [6, 6.07) is 7.43. The Morgan fingerprint density at radius 2 is 2.00 bits per heavy atom. The van der Waals surface area contributed by atoms with Crippen LogP contribution < -0.4 is 4.74 Å². The number of carbonyl (C=O) groups excluding carboxylic acids is 1. The highest BCUT2D eigenvalue weighted by molar-refractivity contribution is 9.11. The van der Waals surface area contributed by atoms with Crippen molar-refractivity contribution in [2.75, 3.05) is 14.2 Å². The third-order valence-corrected chi connectivity index (χ3v) is 4.63. The topological polar surface area (TPSA) is 55.8 Å². The van der Waals surface area contributed by atoms with Gasteiger partial charge in [-0.3, -0.25) is 0 Å². The van der Waals surface area contributed by atoms with Gasteiger partial charge in [-0.05, 0) is 34.1 Å². The van der Waals surface area contributed by atoms with Crippen LogP contribution in [0.5, 0.6) is 11.5 Å². The molecule has 1 radical (unpaired) electrons. The number of rotatable bonds is 3. The molecule has 4 nitrogen and oxygen atoms in total. The Morgan fingerprint density at radius 1 is 1.32 bits per heavy atom. The van der Waals surface area contributed by atoms with Crippen LogP contribution in [0.25, 0.3) is 11.1 Å². The lowest BCUT2D eigenvalue weighted by Gasteiger charge is -2.14. The van der Waals surface area contributed by atoms with Gasteiger partial charge in [-0.2, -0.15) is 0 Å². The Morgan fingerprint density at radius 3 is 2.59 bits per heavy atom. The van der Waals surface area contributed by atoms with Crippen molar-refractivity contribution in [1.29, 1.82) is 0 Å². The maximum Gasteiger partial charge on any atom is 0.341 e. The molecule has 0 spiro atoms. The predicted octanol–water partition coefficient (Wildman–Crippen LogP) is 4.83. The van der Waals surface area contributed by atoms with Gasteiger partial charge in [0.2, 0.25) is 0 Å². The van der Waals surface area contributed by atoms with E-state index in [2.05, 4.69) is 37.9 Å². The number of carbonyl (C=O) groups is 1. The molecule has 0 heterocycles. The van der Waals surface area contributed by atoms with Crippen molar-refractivity contribution in [2.24, 2.45) is 0 Å². The molecule has 22 heavy (non-hydrogen) atoms. The Labute approximate surface area is 149 Å². The van der Waals surface area contributed by atoms with Crippen molar-refractivity contribution in [3.05, 3.63) is 43.8 Å². The zero-order chi connectivity index (χ0) is 16.4.